The molecule has 0 atom stereocenters. The zero-order valence-electron chi connectivity index (χ0n) is 10.3. The fourth-order valence-corrected chi connectivity index (χ4v) is 2.61. The van der Waals surface area contributed by atoms with Gasteiger partial charge in [0.15, 0.2) is 11.5 Å². The van der Waals surface area contributed by atoms with Crippen molar-refractivity contribution in [1.29, 1.82) is 0 Å². The predicted octanol–water partition coefficient (Wildman–Crippen LogP) is 3.22. The zero-order chi connectivity index (χ0) is 13.5. The van der Waals surface area contributed by atoms with E-state index in [4.69, 9.17) is 9.47 Å². The van der Waals surface area contributed by atoms with Gasteiger partial charge in [-0.25, -0.2) is 0 Å². The number of halogens is 1. The maximum absolute atomic E-state index is 10.9. The van der Waals surface area contributed by atoms with Crippen molar-refractivity contribution >= 4 is 26.4 Å². The van der Waals surface area contributed by atoms with Crippen LogP contribution in [-0.4, -0.2) is 16.7 Å². The number of hydrogen-bond acceptors (Lipinski definition) is 4. The van der Waals surface area contributed by atoms with Crippen LogP contribution >= 0.6 is 15.9 Å². The van der Waals surface area contributed by atoms with E-state index >= 15 is 0 Å². The molecule has 0 radical (unpaired) electrons. The molecule has 1 aliphatic heterocycles. The number of esters is 1. The molecule has 0 saturated heterocycles. The Bertz CT molecular complexity index is 546. The largest absolute Gasteiger partial charge is 0.504 e. The molecular weight excluding hydrogens is 300 g/mol. The van der Waals surface area contributed by atoms with Crippen LogP contribution < -0.4 is 9.47 Å². The van der Waals surface area contributed by atoms with E-state index in [1.807, 2.05) is 19.9 Å². The van der Waals surface area contributed by atoms with Gasteiger partial charge >= 0.3 is 5.97 Å². The predicted molar refractivity (Wildman–Crippen MR) is 71.0 cm³/mol. The number of hydrogen-bond donors (Lipinski definition) is 1. The molecular formula is C13H13BrO4. The molecule has 0 fully saturated rings. The first kappa shape index (κ1) is 13.0. The lowest BCUT2D eigenvalue weighted by atomic mass is 10.0. The molecule has 1 aromatic rings. The molecule has 0 aromatic heterocycles. The van der Waals surface area contributed by atoms with Crippen molar-refractivity contribution in [2.45, 2.75) is 26.4 Å². The van der Waals surface area contributed by atoms with Crippen LogP contribution in [0.5, 0.6) is 17.2 Å². The number of ether oxygens (including phenoxy) is 2. The summed E-state index contributed by atoms with van der Waals surface area (Å²) in [6.45, 7) is 5.10. The van der Waals surface area contributed by atoms with Crippen LogP contribution in [-0.2, 0) is 4.79 Å². The number of carbonyl (C=O) groups excluding carboxylic acids is 1. The molecule has 0 bridgehead atoms. The second-order valence-electron chi connectivity index (χ2n) is 4.61. The highest BCUT2D eigenvalue weighted by molar-refractivity contribution is 9.15. The fourth-order valence-electron chi connectivity index (χ4n) is 1.75. The number of phenolic OH excluding ortho intramolecular Hbond substituents is 1. The first-order valence-corrected chi connectivity index (χ1v) is 6.21. The van der Waals surface area contributed by atoms with E-state index in [0.717, 1.165) is 10.0 Å². The van der Waals surface area contributed by atoms with Crippen molar-refractivity contribution in [2.75, 3.05) is 0 Å². The van der Waals surface area contributed by atoms with E-state index in [0.29, 0.717) is 5.75 Å². The Balaban J connectivity index is 2.50. The normalized spacial score (nSPS) is 16.3. The zero-order valence-corrected chi connectivity index (χ0v) is 11.9. The summed E-state index contributed by atoms with van der Waals surface area (Å²) in [6.07, 6.45) is 1.91. The Labute approximate surface area is 113 Å². The van der Waals surface area contributed by atoms with Crippen molar-refractivity contribution in [1.82, 2.24) is 0 Å². The van der Waals surface area contributed by atoms with Crippen LogP contribution in [0.2, 0.25) is 0 Å². The molecule has 0 amide bonds. The van der Waals surface area contributed by atoms with Gasteiger partial charge in [-0.05, 0) is 26.0 Å². The van der Waals surface area contributed by atoms with Gasteiger partial charge in [-0.1, -0.05) is 15.9 Å². The van der Waals surface area contributed by atoms with E-state index in [1.165, 1.54) is 13.0 Å². The Morgan fingerprint density at radius 3 is 2.72 bits per heavy atom. The lowest BCUT2D eigenvalue weighted by Gasteiger charge is -2.29. The van der Waals surface area contributed by atoms with Crippen molar-refractivity contribution in [2.24, 2.45) is 0 Å². The Kier molecular flexibility index (Phi) is 3.11. The van der Waals surface area contributed by atoms with Gasteiger partial charge in [-0.2, -0.15) is 0 Å². The molecule has 0 aliphatic carbocycles. The molecule has 1 N–H and O–H groups in total. The lowest BCUT2D eigenvalue weighted by Crippen LogP contribution is -2.28. The molecule has 18 heavy (non-hydrogen) atoms. The van der Waals surface area contributed by atoms with Gasteiger partial charge in [-0.15, -0.1) is 0 Å². The quantitative estimate of drug-likeness (QED) is 0.639. The van der Waals surface area contributed by atoms with Crippen LogP contribution in [0, 0.1) is 0 Å². The third kappa shape index (κ3) is 2.51. The maximum atomic E-state index is 10.9. The van der Waals surface area contributed by atoms with E-state index < -0.39 is 11.6 Å². The summed E-state index contributed by atoms with van der Waals surface area (Å²) < 4.78 is 11.5. The third-order valence-electron chi connectivity index (χ3n) is 2.42. The number of rotatable bonds is 1. The van der Waals surface area contributed by atoms with Gasteiger partial charge in [0.1, 0.15) is 11.4 Å². The third-order valence-corrected chi connectivity index (χ3v) is 3.08. The van der Waals surface area contributed by atoms with Crippen LogP contribution in [0.3, 0.4) is 0 Å². The molecule has 96 valence electrons. The number of phenols is 1. The number of carbonyl (C=O) groups is 1. The average molecular weight is 313 g/mol. The van der Waals surface area contributed by atoms with E-state index in [2.05, 4.69) is 15.9 Å². The fraction of sp³-hybridized carbons (Fsp3) is 0.308. The molecule has 1 aliphatic rings. The lowest BCUT2D eigenvalue weighted by molar-refractivity contribution is -0.132. The summed E-state index contributed by atoms with van der Waals surface area (Å²) in [5, 5.41) is 9.78. The SMILES string of the molecule is CC(=O)Oc1cc2c(cc1O)OC(C)(C)C=C2Br. The van der Waals surface area contributed by atoms with Crippen LogP contribution in [0.25, 0.3) is 4.48 Å². The first-order valence-electron chi connectivity index (χ1n) is 5.42. The maximum Gasteiger partial charge on any atom is 0.308 e. The van der Waals surface area contributed by atoms with Gasteiger partial charge in [-0.3, -0.25) is 4.79 Å². The van der Waals surface area contributed by atoms with Gasteiger partial charge in [0.25, 0.3) is 0 Å². The highest BCUT2D eigenvalue weighted by atomic mass is 79.9. The van der Waals surface area contributed by atoms with Crippen molar-refractivity contribution < 1.29 is 19.4 Å². The van der Waals surface area contributed by atoms with Crippen molar-refractivity contribution in [3.8, 4) is 17.2 Å². The van der Waals surface area contributed by atoms with Crippen molar-refractivity contribution in [3.05, 3.63) is 23.8 Å². The second kappa shape index (κ2) is 4.31. The standard InChI is InChI=1S/C13H13BrO4/c1-7(15)17-12-4-8-9(14)6-13(2,3)18-11(8)5-10(12)16/h4-6,16H,1-3H3. The molecule has 4 nitrogen and oxygen atoms in total. The molecule has 1 heterocycles. The van der Waals surface area contributed by atoms with Gasteiger partial charge in [0, 0.05) is 23.0 Å². The van der Waals surface area contributed by atoms with Gasteiger partial charge in [0.05, 0.1) is 0 Å². The first-order chi connectivity index (χ1) is 8.28. The second-order valence-corrected chi connectivity index (χ2v) is 5.46. The van der Waals surface area contributed by atoms with E-state index in [1.54, 1.807) is 6.07 Å². The minimum atomic E-state index is -0.484. The summed E-state index contributed by atoms with van der Waals surface area (Å²) in [5.41, 5.74) is 0.282. The molecule has 0 saturated carbocycles. The monoisotopic (exact) mass is 312 g/mol. The summed E-state index contributed by atoms with van der Waals surface area (Å²) in [4.78, 5) is 10.9. The average Bonchev–Trinajstić information content (AvgIpc) is 2.18. The Hall–Kier alpha value is -1.49. The number of benzene rings is 1. The summed E-state index contributed by atoms with van der Waals surface area (Å²) in [5.74, 6) is 0.0574. The highest BCUT2D eigenvalue weighted by Crippen LogP contribution is 2.44. The number of aromatic hydroxyl groups is 1. The van der Waals surface area contributed by atoms with Crippen molar-refractivity contribution in [3.63, 3.8) is 0 Å². The molecule has 1 aromatic carbocycles. The van der Waals surface area contributed by atoms with Crippen LogP contribution in [0.1, 0.15) is 26.3 Å². The molecule has 2 rings (SSSR count). The minimum Gasteiger partial charge on any atom is -0.504 e. The van der Waals surface area contributed by atoms with Gasteiger partial charge in [0.2, 0.25) is 0 Å². The molecule has 0 spiro atoms. The topological polar surface area (TPSA) is 55.8 Å². The number of fused-ring (bicyclic) bond motifs is 1. The molecule has 5 heteroatoms. The van der Waals surface area contributed by atoms with Crippen LogP contribution in [0.4, 0.5) is 0 Å². The minimum absolute atomic E-state index is 0.120. The summed E-state index contributed by atoms with van der Waals surface area (Å²) >= 11 is 3.45. The summed E-state index contributed by atoms with van der Waals surface area (Å²) in [6, 6.07) is 3.02. The van der Waals surface area contributed by atoms with E-state index in [-0.39, 0.29) is 11.5 Å². The Morgan fingerprint density at radius 2 is 2.11 bits per heavy atom. The highest BCUT2D eigenvalue weighted by Gasteiger charge is 2.27. The van der Waals surface area contributed by atoms with Gasteiger partial charge < -0.3 is 14.6 Å². The Morgan fingerprint density at radius 1 is 1.44 bits per heavy atom. The molecule has 0 unspecified atom stereocenters. The smallest absolute Gasteiger partial charge is 0.308 e. The summed E-state index contributed by atoms with van der Waals surface area (Å²) in [7, 11) is 0. The van der Waals surface area contributed by atoms with Crippen LogP contribution in [0.15, 0.2) is 18.2 Å². The van der Waals surface area contributed by atoms with E-state index in [9.17, 15) is 9.90 Å².